The fraction of sp³-hybridized carbons (Fsp3) is 0.294. The van der Waals surface area contributed by atoms with Crippen molar-refractivity contribution in [3.05, 3.63) is 64.7 Å². The van der Waals surface area contributed by atoms with Crippen LogP contribution >= 0.6 is 0 Å². The van der Waals surface area contributed by atoms with Gasteiger partial charge in [-0.1, -0.05) is 18.2 Å². The van der Waals surface area contributed by atoms with Crippen LogP contribution in [0, 0.1) is 10.1 Å². The molecular weight excluding hydrogens is 342 g/mol. The van der Waals surface area contributed by atoms with Gasteiger partial charge < -0.3 is 4.90 Å². The highest BCUT2D eigenvalue weighted by Gasteiger charge is 2.15. The van der Waals surface area contributed by atoms with Crippen molar-refractivity contribution in [1.82, 2.24) is 4.72 Å². The average Bonchev–Trinajstić information content (AvgIpc) is 2.62. The van der Waals surface area contributed by atoms with Gasteiger partial charge in [0, 0.05) is 37.5 Å². The molecule has 0 unspecified atom stereocenters. The maximum absolute atomic E-state index is 12.2. The molecule has 8 heteroatoms. The topological polar surface area (TPSA) is 92.6 Å². The number of hydrogen-bond donors (Lipinski definition) is 1. The summed E-state index contributed by atoms with van der Waals surface area (Å²) in [5, 5.41) is 10.6. The summed E-state index contributed by atoms with van der Waals surface area (Å²) in [5.41, 5.74) is 0.962. The van der Waals surface area contributed by atoms with Gasteiger partial charge in [0.05, 0.1) is 9.82 Å². The molecule has 7 nitrogen and oxygen atoms in total. The quantitative estimate of drug-likeness (QED) is 0.420. The number of para-hydroxylation sites is 1. The third-order valence-corrected chi connectivity index (χ3v) is 5.23. The van der Waals surface area contributed by atoms with Gasteiger partial charge in [-0.05, 0) is 37.6 Å². The third kappa shape index (κ3) is 5.27. The first-order valence-electron chi connectivity index (χ1n) is 7.98. The third-order valence-electron chi connectivity index (χ3n) is 3.76. The number of sulfonamides is 1. The number of nitrogens with zero attached hydrogens (tertiary/aromatic N) is 2. The first-order chi connectivity index (χ1) is 11.9. The van der Waals surface area contributed by atoms with Crippen molar-refractivity contribution in [2.45, 2.75) is 18.2 Å². The van der Waals surface area contributed by atoms with Crippen LogP contribution in [0.25, 0.3) is 0 Å². The number of nitrogens with one attached hydrogen (secondary N) is 1. The number of benzene rings is 2. The molecular formula is C17H21N3O4S. The molecule has 1 N–H and O–H groups in total. The highest BCUT2D eigenvalue weighted by molar-refractivity contribution is 7.89. The van der Waals surface area contributed by atoms with Gasteiger partial charge in [-0.25, -0.2) is 13.1 Å². The second kappa shape index (κ2) is 8.59. The number of non-ortho nitro benzene ring substituents is 1. The van der Waals surface area contributed by atoms with Gasteiger partial charge in [0.15, 0.2) is 0 Å². The molecule has 0 aliphatic carbocycles. The Balaban J connectivity index is 1.88. The second-order valence-electron chi connectivity index (χ2n) is 5.42. The molecule has 0 amide bonds. The van der Waals surface area contributed by atoms with E-state index in [0.29, 0.717) is 13.0 Å². The van der Waals surface area contributed by atoms with E-state index in [1.807, 2.05) is 37.3 Å². The van der Waals surface area contributed by atoms with E-state index >= 15 is 0 Å². The molecule has 0 aliphatic rings. The van der Waals surface area contributed by atoms with Crippen LogP contribution in [-0.4, -0.2) is 33.0 Å². The zero-order valence-corrected chi connectivity index (χ0v) is 14.8. The lowest BCUT2D eigenvalue weighted by molar-refractivity contribution is -0.384. The van der Waals surface area contributed by atoms with Gasteiger partial charge in [-0.2, -0.15) is 0 Å². The first-order valence-corrected chi connectivity index (χ1v) is 9.46. The molecule has 2 aromatic rings. The number of anilines is 1. The molecule has 0 saturated carbocycles. The van der Waals surface area contributed by atoms with Crippen molar-refractivity contribution in [2.75, 3.05) is 24.5 Å². The van der Waals surface area contributed by atoms with Crippen LogP contribution in [-0.2, 0) is 10.0 Å². The normalized spacial score (nSPS) is 11.2. The predicted molar refractivity (Wildman–Crippen MR) is 97.2 cm³/mol. The van der Waals surface area contributed by atoms with Gasteiger partial charge >= 0.3 is 0 Å². The summed E-state index contributed by atoms with van der Waals surface area (Å²) in [6, 6.07) is 14.8. The number of nitro groups is 1. The first kappa shape index (κ1) is 18.9. The van der Waals surface area contributed by atoms with Gasteiger partial charge in [0.2, 0.25) is 10.0 Å². The SMILES string of the molecule is CCN(CCCNS(=O)(=O)c1ccc([N+](=O)[O-])cc1)c1ccccc1. The molecule has 25 heavy (non-hydrogen) atoms. The molecule has 134 valence electrons. The molecule has 2 rings (SSSR count). The molecule has 0 radical (unpaired) electrons. The van der Waals surface area contributed by atoms with Gasteiger partial charge in [0.25, 0.3) is 5.69 Å². The minimum absolute atomic E-state index is 0.0218. The molecule has 2 aromatic carbocycles. The number of nitro benzene ring substituents is 1. The molecule has 0 aromatic heterocycles. The van der Waals surface area contributed by atoms with Crippen LogP contribution in [0.5, 0.6) is 0 Å². The standard InChI is InChI=1S/C17H21N3O4S/c1-2-19(15-7-4-3-5-8-15)14-6-13-18-25(23,24)17-11-9-16(10-12-17)20(21)22/h3-5,7-12,18H,2,6,13-14H2,1H3. The smallest absolute Gasteiger partial charge is 0.269 e. The summed E-state index contributed by atoms with van der Waals surface area (Å²) in [5.74, 6) is 0. The number of hydrogen-bond acceptors (Lipinski definition) is 5. The van der Waals surface area contributed by atoms with Crippen molar-refractivity contribution < 1.29 is 13.3 Å². The Bertz CT molecular complexity index is 792. The van der Waals surface area contributed by atoms with Gasteiger partial charge in [0.1, 0.15) is 0 Å². The van der Waals surface area contributed by atoms with E-state index in [-0.39, 0.29) is 10.6 Å². The Kier molecular flexibility index (Phi) is 6.49. The van der Waals surface area contributed by atoms with Crippen LogP contribution in [0.2, 0.25) is 0 Å². The van der Waals surface area contributed by atoms with Gasteiger partial charge in [-0.15, -0.1) is 0 Å². The fourth-order valence-corrected chi connectivity index (χ4v) is 3.49. The maximum atomic E-state index is 12.2. The van der Waals surface area contributed by atoms with E-state index in [0.717, 1.165) is 18.8 Å². The minimum atomic E-state index is -3.66. The number of rotatable bonds is 9. The van der Waals surface area contributed by atoms with E-state index in [1.165, 1.54) is 24.3 Å². The Morgan fingerprint density at radius 3 is 2.28 bits per heavy atom. The molecule has 0 bridgehead atoms. The summed E-state index contributed by atoms with van der Waals surface area (Å²) in [4.78, 5) is 12.2. The highest BCUT2D eigenvalue weighted by atomic mass is 32.2. The van der Waals surface area contributed by atoms with Crippen molar-refractivity contribution in [3.63, 3.8) is 0 Å². The molecule has 0 spiro atoms. The second-order valence-corrected chi connectivity index (χ2v) is 7.18. The van der Waals surface area contributed by atoms with Crippen LogP contribution in [0.3, 0.4) is 0 Å². The molecule has 0 fully saturated rings. The highest BCUT2D eigenvalue weighted by Crippen LogP contribution is 2.16. The summed E-state index contributed by atoms with van der Waals surface area (Å²) in [6.07, 6.45) is 0.648. The van der Waals surface area contributed by atoms with Crippen LogP contribution in [0.15, 0.2) is 59.5 Å². The van der Waals surface area contributed by atoms with E-state index in [1.54, 1.807) is 0 Å². The molecule has 0 aliphatic heterocycles. The van der Waals surface area contributed by atoms with Crippen molar-refractivity contribution in [1.29, 1.82) is 0 Å². The largest absolute Gasteiger partial charge is 0.372 e. The minimum Gasteiger partial charge on any atom is -0.372 e. The Morgan fingerprint density at radius 1 is 1.08 bits per heavy atom. The maximum Gasteiger partial charge on any atom is 0.269 e. The van der Waals surface area contributed by atoms with E-state index in [4.69, 9.17) is 0 Å². The zero-order chi connectivity index (χ0) is 18.3. The van der Waals surface area contributed by atoms with Crippen LogP contribution in [0.1, 0.15) is 13.3 Å². The summed E-state index contributed by atoms with van der Waals surface area (Å²) < 4.78 is 26.9. The molecule has 0 heterocycles. The average molecular weight is 363 g/mol. The fourth-order valence-electron chi connectivity index (χ4n) is 2.42. The lowest BCUT2D eigenvalue weighted by Gasteiger charge is -2.23. The monoisotopic (exact) mass is 363 g/mol. The summed E-state index contributed by atoms with van der Waals surface area (Å²) in [6.45, 7) is 3.90. The molecule has 0 saturated heterocycles. The van der Waals surface area contributed by atoms with Crippen LogP contribution < -0.4 is 9.62 Å². The summed E-state index contributed by atoms with van der Waals surface area (Å²) >= 11 is 0. The predicted octanol–water partition coefficient (Wildman–Crippen LogP) is 2.79. The molecule has 0 atom stereocenters. The zero-order valence-electron chi connectivity index (χ0n) is 14.0. The van der Waals surface area contributed by atoms with Crippen molar-refractivity contribution in [3.8, 4) is 0 Å². The lowest BCUT2D eigenvalue weighted by atomic mass is 10.2. The van der Waals surface area contributed by atoms with E-state index < -0.39 is 14.9 Å². The Labute approximate surface area is 147 Å². The van der Waals surface area contributed by atoms with Crippen LogP contribution in [0.4, 0.5) is 11.4 Å². The lowest BCUT2D eigenvalue weighted by Crippen LogP contribution is -2.30. The van der Waals surface area contributed by atoms with E-state index in [9.17, 15) is 18.5 Å². The van der Waals surface area contributed by atoms with Crippen molar-refractivity contribution >= 4 is 21.4 Å². The Hall–Kier alpha value is -2.45. The Morgan fingerprint density at radius 2 is 1.72 bits per heavy atom. The van der Waals surface area contributed by atoms with Crippen molar-refractivity contribution in [2.24, 2.45) is 0 Å². The summed E-state index contributed by atoms with van der Waals surface area (Å²) in [7, 11) is -3.66. The van der Waals surface area contributed by atoms with Gasteiger partial charge in [-0.3, -0.25) is 10.1 Å². The van der Waals surface area contributed by atoms with E-state index in [2.05, 4.69) is 9.62 Å².